The average Bonchev–Trinajstić information content (AvgIpc) is 2.58. The first-order valence-electron chi connectivity index (χ1n) is 8.41. The van der Waals surface area contributed by atoms with Crippen molar-refractivity contribution in [1.82, 2.24) is 0 Å². The Morgan fingerprint density at radius 3 is 1.92 bits per heavy atom. The van der Waals surface area contributed by atoms with E-state index in [4.69, 9.17) is 9.47 Å². The van der Waals surface area contributed by atoms with Crippen LogP contribution in [0, 0.1) is 0 Å². The molecule has 0 saturated carbocycles. The van der Waals surface area contributed by atoms with E-state index >= 15 is 0 Å². The van der Waals surface area contributed by atoms with Crippen LogP contribution in [0.25, 0.3) is 12.2 Å². The van der Waals surface area contributed by atoms with Crippen molar-refractivity contribution in [2.45, 2.75) is 26.4 Å². The standard InChI is InChI=1S/C22H24O4/c1-22(2,3)26-21(24)16-25-20(15-18-12-8-5-9-13-18)19(23)14-17-10-6-4-7-11-17/h4-15,23H,16H2,1-3H3. The minimum absolute atomic E-state index is 0.0661. The Balaban J connectivity index is 2.21. The predicted molar refractivity (Wildman–Crippen MR) is 103 cm³/mol. The van der Waals surface area contributed by atoms with Crippen LogP contribution in [0.5, 0.6) is 0 Å². The number of hydrogen-bond acceptors (Lipinski definition) is 4. The van der Waals surface area contributed by atoms with Crippen LogP contribution >= 0.6 is 0 Å². The molecule has 0 heterocycles. The van der Waals surface area contributed by atoms with Gasteiger partial charge in [-0.15, -0.1) is 0 Å². The fraction of sp³-hybridized carbons (Fsp3) is 0.227. The molecule has 0 unspecified atom stereocenters. The van der Waals surface area contributed by atoms with Gasteiger partial charge in [0.15, 0.2) is 18.1 Å². The molecule has 0 spiro atoms. The molecule has 0 saturated heterocycles. The van der Waals surface area contributed by atoms with Gasteiger partial charge in [-0.3, -0.25) is 0 Å². The van der Waals surface area contributed by atoms with Crippen molar-refractivity contribution in [3.05, 3.63) is 83.3 Å². The molecule has 0 aliphatic rings. The first kappa shape index (κ1) is 19.3. The number of carbonyl (C=O) groups is 1. The number of rotatable bonds is 6. The molecular weight excluding hydrogens is 328 g/mol. The lowest BCUT2D eigenvalue weighted by Gasteiger charge is -2.20. The molecule has 0 radical (unpaired) electrons. The van der Waals surface area contributed by atoms with Crippen molar-refractivity contribution in [3.63, 3.8) is 0 Å². The quantitative estimate of drug-likeness (QED) is 0.452. The number of aliphatic hydroxyl groups is 1. The Morgan fingerprint density at radius 1 is 0.923 bits per heavy atom. The maximum Gasteiger partial charge on any atom is 0.344 e. The molecule has 4 nitrogen and oxygen atoms in total. The van der Waals surface area contributed by atoms with Crippen LogP contribution in [0.4, 0.5) is 0 Å². The lowest BCUT2D eigenvalue weighted by molar-refractivity contribution is -0.158. The van der Waals surface area contributed by atoms with E-state index in [2.05, 4.69) is 0 Å². The molecule has 4 heteroatoms. The molecule has 0 atom stereocenters. The van der Waals surface area contributed by atoms with Crippen LogP contribution in [-0.2, 0) is 14.3 Å². The number of aliphatic hydroxyl groups excluding tert-OH is 1. The van der Waals surface area contributed by atoms with Gasteiger partial charge in [0, 0.05) is 0 Å². The Morgan fingerprint density at radius 2 is 1.42 bits per heavy atom. The summed E-state index contributed by atoms with van der Waals surface area (Å²) in [6.07, 6.45) is 3.27. The van der Waals surface area contributed by atoms with Gasteiger partial charge in [0.25, 0.3) is 0 Å². The number of benzene rings is 2. The van der Waals surface area contributed by atoms with E-state index in [9.17, 15) is 9.90 Å². The van der Waals surface area contributed by atoms with Gasteiger partial charge in [0.2, 0.25) is 0 Å². The van der Waals surface area contributed by atoms with Crippen LogP contribution < -0.4 is 0 Å². The molecule has 1 N–H and O–H groups in total. The van der Waals surface area contributed by atoms with Crippen LogP contribution in [0.3, 0.4) is 0 Å². The molecule has 136 valence electrons. The number of ether oxygens (including phenoxy) is 2. The van der Waals surface area contributed by atoms with Gasteiger partial charge in [-0.25, -0.2) is 4.79 Å². The summed E-state index contributed by atoms with van der Waals surface area (Å²) in [5, 5.41) is 10.5. The van der Waals surface area contributed by atoms with Gasteiger partial charge < -0.3 is 14.6 Å². The number of carbonyl (C=O) groups excluding carboxylic acids is 1. The second-order valence-electron chi connectivity index (χ2n) is 6.73. The van der Waals surface area contributed by atoms with E-state index in [1.807, 2.05) is 60.7 Å². The fourth-order valence-electron chi connectivity index (χ4n) is 2.18. The van der Waals surface area contributed by atoms with Gasteiger partial charge in [-0.05, 0) is 44.1 Å². The second-order valence-corrected chi connectivity index (χ2v) is 6.73. The van der Waals surface area contributed by atoms with Crippen molar-refractivity contribution in [2.75, 3.05) is 6.61 Å². The Kier molecular flexibility index (Phi) is 6.61. The number of hydrogen-bond donors (Lipinski definition) is 1. The third kappa shape index (κ3) is 6.85. The summed E-state index contributed by atoms with van der Waals surface area (Å²) in [6.45, 7) is 5.08. The Hall–Kier alpha value is -3.01. The maximum atomic E-state index is 11.9. The molecule has 0 fully saturated rings. The Bertz CT molecular complexity index is 769. The minimum atomic E-state index is -0.592. The summed E-state index contributed by atoms with van der Waals surface area (Å²) >= 11 is 0. The lowest BCUT2D eigenvalue weighted by atomic mass is 10.1. The minimum Gasteiger partial charge on any atom is -0.504 e. The SMILES string of the molecule is CC(C)(C)OC(=O)COC(=Cc1ccccc1)C(O)=Cc1ccccc1. The maximum absolute atomic E-state index is 11.9. The molecular formula is C22H24O4. The molecule has 2 aromatic rings. The van der Waals surface area contributed by atoms with Gasteiger partial charge in [0.05, 0.1) is 0 Å². The van der Waals surface area contributed by atoms with Crippen molar-refractivity contribution < 1.29 is 19.4 Å². The third-order valence-electron chi connectivity index (χ3n) is 3.22. The molecule has 2 aromatic carbocycles. The zero-order valence-corrected chi connectivity index (χ0v) is 15.3. The van der Waals surface area contributed by atoms with Gasteiger partial charge in [-0.1, -0.05) is 60.7 Å². The summed E-state index contributed by atoms with van der Waals surface area (Å²) in [5.74, 6) is -0.363. The zero-order chi connectivity index (χ0) is 19.0. The van der Waals surface area contributed by atoms with E-state index in [1.54, 1.807) is 32.9 Å². The van der Waals surface area contributed by atoms with E-state index in [-0.39, 0.29) is 18.1 Å². The van der Waals surface area contributed by atoms with E-state index < -0.39 is 11.6 Å². The number of esters is 1. The summed E-state index contributed by atoms with van der Waals surface area (Å²) in [4.78, 5) is 11.9. The Labute approximate surface area is 154 Å². The highest BCUT2D eigenvalue weighted by Gasteiger charge is 2.17. The highest BCUT2D eigenvalue weighted by molar-refractivity contribution is 5.72. The highest BCUT2D eigenvalue weighted by Crippen LogP contribution is 2.18. The monoisotopic (exact) mass is 352 g/mol. The molecule has 0 aromatic heterocycles. The van der Waals surface area contributed by atoms with Gasteiger partial charge in [0.1, 0.15) is 5.60 Å². The molecule has 0 aliphatic carbocycles. The molecule has 2 rings (SSSR count). The summed E-state index contributed by atoms with van der Waals surface area (Å²) in [5.41, 5.74) is 1.08. The lowest BCUT2D eigenvalue weighted by Crippen LogP contribution is -2.26. The smallest absolute Gasteiger partial charge is 0.344 e. The average molecular weight is 352 g/mol. The molecule has 0 amide bonds. The normalized spacial score (nSPS) is 12.6. The third-order valence-corrected chi connectivity index (χ3v) is 3.22. The van der Waals surface area contributed by atoms with Crippen molar-refractivity contribution in [2.24, 2.45) is 0 Å². The molecule has 26 heavy (non-hydrogen) atoms. The zero-order valence-electron chi connectivity index (χ0n) is 15.3. The highest BCUT2D eigenvalue weighted by atomic mass is 16.6. The van der Waals surface area contributed by atoms with Crippen molar-refractivity contribution in [3.8, 4) is 0 Å². The van der Waals surface area contributed by atoms with E-state index in [0.29, 0.717) is 0 Å². The van der Waals surface area contributed by atoms with Crippen molar-refractivity contribution in [1.29, 1.82) is 0 Å². The van der Waals surface area contributed by atoms with Crippen LogP contribution in [0.1, 0.15) is 31.9 Å². The summed E-state index contributed by atoms with van der Waals surface area (Å²) < 4.78 is 10.8. The van der Waals surface area contributed by atoms with Crippen LogP contribution in [-0.4, -0.2) is 23.3 Å². The van der Waals surface area contributed by atoms with E-state index in [0.717, 1.165) is 11.1 Å². The van der Waals surface area contributed by atoms with E-state index in [1.165, 1.54) is 0 Å². The van der Waals surface area contributed by atoms with Gasteiger partial charge in [-0.2, -0.15) is 0 Å². The largest absolute Gasteiger partial charge is 0.504 e. The second kappa shape index (κ2) is 8.90. The first-order chi connectivity index (χ1) is 12.3. The van der Waals surface area contributed by atoms with Crippen LogP contribution in [0.2, 0.25) is 0 Å². The van der Waals surface area contributed by atoms with Crippen molar-refractivity contribution >= 4 is 18.1 Å². The molecule has 0 bridgehead atoms. The van der Waals surface area contributed by atoms with Crippen LogP contribution in [0.15, 0.2) is 72.2 Å². The van der Waals surface area contributed by atoms with Gasteiger partial charge >= 0.3 is 5.97 Å². The summed E-state index contributed by atoms with van der Waals surface area (Å²) in [6, 6.07) is 18.8. The topological polar surface area (TPSA) is 55.8 Å². The molecule has 0 aliphatic heterocycles. The predicted octanol–water partition coefficient (Wildman–Crippen LogP) is 4.98. The summed E-state index contributed by atoms with van der Waals surface area (Å²) in [7, 11) is 0. The fourth-order valence-corrected chi connectivity index (χ4v) is 2.18. The first-order valence-corrected chi connectivity index (χ1v) is 8.41.